The molecule has 0 fully saturated rings. The van der Waals surface area contributed by atoms with E-state index in [9.17, 15) is 22.8 Å². The van der Waals surface area contributed by atoms with Crippen LogP contribution in [0.5, 0.6) is 5.75 Å². The van der Waals surface area contributed by atoms with Crippen LogP contribution in [0.2, 0.25) is 0 Å². The number of benzene rings is 2. The number of nitrogens with one attached hydrogen (secondary N) is 1. The summed E-state index contributed by atoms with van der Waals surface area (Å²) in [6.45, 7) is 0.659. The summed E-state index contributed by atoms with van der Waals surface area (Å²) >= 11 is 0. The second-order valence-corrected chi connectivity index (χ2v) is 7.26. The van der Waals surface area contributed by atoms with Gasteiger partial charge in [0, 0.05) is 36.8 Å². The number of alkyl halides is 3. The van der Waals surface area contributed by atoms with Gasteiger partial charge in [-0.25, -0.2) is 9.78 Å². The van der Waals surface area contributed by atoms with Crippen molar-refractivity contribution in [3.63, 3.8) is 0 Å². The van der Waals surface area contributed by atoms with Crippen molar-refractivity contribution in [2.75, 3.05) is 33.0 Å². The molecule has 186 valence electrons. The largest absolute Gasteiger partial charge is 0.492 e. The molecule has 0 aliphatic rings. The Morgan fingerprint density at radius 3 is 2.23 bits per heavy atom. The normalized spacial score (nSPS) is 10.7. The molecule has 0 radical (unpaired) electrons. The third-order valence-corrected chi connectivity index (χ3v) is 4.47. The van der Waals surface area contributed by atoms with Crippen molar-refractivity contribution in [1.82, 2.24) is 15.2 Å². The number of aliphatic carboxylic acids is 1. The first-order chi connectivity index (χ1) is 16.4. The van der Waals surface area contributed by atoms with Gasteiger partial charge in [0.25, 0.3) is 11.8 Å². The summed E-state index contributed by atoms with van der Waals surface area (Å²) < 4.78 is 37.4. The third kappa shape index (κ3) is 7.88. The first-order valence-corrected chi connectivity index (χ1v) is 10.1. The summed E-state index contributed by atoms with van der Waals surface area (Å²) in [5.41, 5.74) is 6.91. The molecule has 3 rings (SSSR count). The average Bonchev–Trinajstić information content (AvgIpc) is 2.81. The number of nitrogens with two attached hydrogens (primary N) is 1. The molecule has 12 heteroatoms. The number of nitrogens with zero attached hydrogens (tertiary/aromatic N) is 2. The molecule has 2 aromatic carbocycles. The number of carboxylic acid groups (broad SMARTS) is 1. The lowest BCUT2D eigenvalue weighted by atomic mass is 10.1. The summed E-state index contributed by atoms with van der Waals surface area (Å²) in [6.07, 6.45) is -3.42. The number of nitrogen functional groups attached to an aromatic ring is 1. The van der Waals surface area contributed by atoms with Crippen LogP contribution in [0.3, 0.4) is 0 Å². The highest BCUT2D eigenvalue weighted by molar-refractivity contribution is 5.97. The zero-order valence-corrected chi connectivity index (χ0v) is 18.8. The average molecular weight is 492 g/mol. The van der Waals surface area contributed by atoms with Crippen LogP contribution in [-0.2, 0) is 4.79 Å². The molecule has 9 nitrogen and oxygen atoms in total. The van der Waals surface area contributed by atoms with Gasteiger partial charge in [-0.05, 0) is 47.9 Å². The first-order valence-electron chi connectivity index (χ1n) is 10.1. The van der Waals surface area contributed by atoms with E-state index in [4.69, 9.17) is 20.4 Å². The van der Waals surface area contributed by atoms with Crippen LogP contribution in [0.4, 0.5) is 19.0 Å². The third-order valence-electron chi connectivity index (χ3n) is 4.47. The van der Waals surface area contributed by atoms with Gasteiger partial charge in [-0.15, -0.1) is 0 Å². The van der Waals surface area contributed by atoms with Crippen LogP contribution < -0.4 is 15.8 Å². The fourth-order valence-electron chi connectivity index (χ4n) is 2.72. The van der Waals surface area contributed by atoms with Crippen LogP contribution in [0.1, 0.15) is 20.7 Å². The molecular weight excluding hydrogens is 469 g/mol. The Morgan fingerprint density at radius 1 is 1.06 bits per heavy atom. The molecule has 2 amide bonds. The van der Waals surface area contributed by atoms with E-state index in [2.05, 4.69) is 10.3 Å². The molecule has 35 heavy (non-hydrogen) atoms. The Balaban J connectivity index is 0.000000540. The van der Waals surface area contributed by atoms with Gasteiger partial charge < -0.3 is 25.8 Å². The van der Waals surface area contributed by atoms with Gasteiger partial charge in [-0.2, -0.15) is 13.2 Å². The zero-order valence-electron chi connectivity index (χ0n) is 18.8. The van der Waals surface area contributed by atoms with Crippen molar-refractivity contribution in [1.29, 1.82) is 0 Å². The van der Waals surface area contributed by atoms with E-state index >= 15 is 0 Å². The number of carboxylic acids is 1. The Morgan fingerprint density at radius 2 is 1.66 bits per heavy atom. The fraction of sp³-hybridized carbons (Fsp3) is 0.217. The summed E-state index contributed by atoms with van der Waals surface area (Å²) in [7, 11) is 3.37. The van der Waals surface area contributed by atoms with E-state index in [1.807, 2.05) is 24.3 Å². The summed E-state index contributed by atoms with van der Waals surface area (Å²) in [4.78, 5) is 38.5. The van der Waals surface area contributed by atoms with Gasteiger partial charge in [-0.1, -0.05) is 6.07 Å². The second kappa shape index (κ2) is 11.7. The van der Waals surface area contributed by atoms with E-state index < -0.39 is 12.1 Å². The number of anilines is 1. The molecule has 0 aliphatic heterocycles. The van der Waals surface area contributed by atoms with Gasteiger partial charge in [0.15, 0.2) is 0 Å². The fourth-order valence-corrected chi connectivity index (χ4v) is 2.72. The van der Waals surface area contributed by atoms with Crippen LogP contribution >= 0.6 is 0 Å². The van der Waals surface area contributed by atoms with E-state index in [1.54, 1.807) is 44.6 Å². The van der Waals surface area contributed by atoms with Gasteiger partial charge in [0.1, 0.15) is 18.2 Å². The van der Waals surface area contributed by atoms with Crippen molar-refractivity contribution in [3.05, 3.63) is 65.9 Å². The predicted octanol–water partition coefficient (Wildman–Crippen LogP) is 2.96. The number of aromatic nitrogens is 1. The molecule has 0 aliphatic carbocycles. The minimum Gasteiger partial charge on any atom is -0.492 e. The van der Waals surface area contributed by atoms with Gasteiger partial charge >= 0.3 is 12.1 Å². The quantitative estimate of drug-likeness (QED) is 0.450. The van der Waals surface area contributed by atoms with Crippen LogP contribution in [0.15, 0.2) is 54.7 Å². The van der Waals surface area contributed by atoms with Crippen molar-refractivity contribution >= 4 is 34.4 Å². The van der Waals surface area contributed by atoms with Crippen molar-refractivity contribution in [2.45, 2.75) is 6.18 Å². The number of halogens is 3. The smallest absolute Gasteiger partial charge is 0.490 e. The van der Waals surface area contributed by atoms with E-state index in [1.165, 1.54) is 4.90 Å². The highest BCUT2D eigenvalue weighted by atomic mass is 19.4. The molecule has 1 heterocycles. The van der Waals surface area contributed by atoms with E-state index in [0.29, 0.717) is 35.8 Å². The molecule has 0 bridgehead atoms. The number of carbonyl (C=O) groups is 3. The van der Waals surface area contributed by atoms with Crippen LogP contribution in [0, 0.1) is 0 Å². The Labute approximate surface area is 198 Å². The number of rotatable bonds is 6. The molecular formula is C23H23F3N4O5. The molecule has 0 saturated carbocycles. The minimum absolute atomic E-state index is 0.105. The minimum atomic E-state index is -5.08. The first kappa shape index (κ1) is 26.9. The molecule has 0 saturated heterocycles. The Kier molecular flexibility index (Phi) is 8.98. The number of carbonyl (C=O) groups excluding carboxylic acids is 2. The van der Waals surface area contributed by atoms with E-state index in [-0.39, 0.29) is 11.8 Å². The van der Waals surface area contributed by atoms with Crippen molar-refractivity contribution in [3.8, 4) is 5.75 Å². The number of fused-ring (bicyclic) bond motifs is 1. The number of hydrogen-bond donors (Lipinski definition) is 3. The van der Waals surface area contributed by atoms with Gasteiger partial charge in [0.2, 0.25) is 0 Å². The molecule has 0 spiro atoms. The van der Waals surface area contributed by atoms with Crippen molar-refractivity contribution in [2.24, 2.45) is 0 Å². The monoisotopic (exact) mass is 492 g/mol. The lowest BCUT2D eigenvalue weighted by molar-refractivity contribution is -0.192. The zero-order chi connectivity index (χ0) is 26.2. The SMILES string of the molecule is CN(C)C(=O)c1ccc(C(=O)NCCOc2ccc3ccnc(N)c3c2)cc1.O=C(O)C(F)(F)F. The van der Waals surface area contributed by atoms with Crippen molar-refractivity contribution < 1.29 is 37.4 Å². The molecule has 0 atom stereocenters. The molecule has 0 unspecified atom stereocenters. The standard InChI is InChI=1S/C21H22N4O3.C2HF3O2/c1-25(2)21(27)16-5-3-15(4-6-16)20(26)24-11-12-28-17-8-7-14-9-10-23-19(22)18(14)13-17;3-2(4,5)1(6)7/h3-10,13H,11-12H2,1-2H3,(H2,22,23)(H,24,26);(H,6,7). The topological polar surface area (TPSA) is 135 Å². The van der Waals surface area contributed by atoms with Gasteiger partial charge in [0.05, 0.1) is 6.54 Å². The molecule has 4 N–H and O–H groups in total. The Bertz CT molecular complexity index is 1200. The Hall–Kier alpha value is -4.35. The number of hydrogen-bond acceptors (Lipinski definition) is 6. The molecule has 1 aromatic heterocycles. The lowest BCUT2D eigenvalue weighted by Gasteiger charge is -2.11. The summed E-state index contributed by atoms with van der Waals surface area (Å²) in [5.74, 6) is -1.97. The number of amides is 2. The van der Waals surface area contributed by atoms with Gasteiger partial charge in [-0.3, -0.25) is 9.59 Å². The van der Waals surface area contributed by atoms with Crippen LogP contribution in [-0.4, -0.2) is 66.2 Å². The second-order valence-electron chi connectivity index (χ2n) is 7.26. The highest BCUT2D eigenvalue weighted by Gasteiger charge is 2.38. The van der Waals surface area contributed by atoms with Crippen LogP contribution in [0.25, 0.3) is 10.8 Å². The summed E-state index contributed by atoms with van der Waals surface area (Å²) in [6, 6.07) is 14.0. The predicted molar refractivity (Wildman–Crippen MR) is 122 cm³/mol. The number of pyridine rings is 1. The maximum atomic E-state index is 12.2. The van der Waals surface area contributed by atoms with E-state index in [0.717, 1.165) is 10.8 Å². The maximum absolute atomic E-state index is 12.2. The highest BCUT2D eigenvalue weighted by Crippen LogP contribution is 2.24. The maximum Gasteiger partial charge on any atom is 0.490 e. The molecule has 3 aromatic rings. The lowest BCUT2D eigenvalue weighted by Crippen LogP contribution is -2.28. The number of ether oxygens (including phenoxy) is 1. The summed E-state index contributed by atoms with van der Waals surface area (Å²) in [5, 5.41) is 11.7.